The number of hydrogen-bond acceptors (Lipinski definition) is 2. The lowest BCUT2D eigenvalue weighted by Gasteiger charge is -2.13. The third-order valence-corrected chi connectivity index (χ3v) is 3.72. The van der Waals surface area contributed by atoms with E-state index < -0.39 is 0 Å². The van der Waals surface area contributed by atoms with E-state index in [1.807, 2.05) is 61.5 Å². The Bertz CT molecular complexity index is 626. The van der Waals surface area contributed by atoms with Gasteiger partial charge in [0.25, 0.3) is 0 Å². The van der Waals surface area contributed by atoms with Crippen LogP contribution < -0.4 is 15.5 Å². The largest absolute Gasteiger partial charge is 0.378 e. The standard InChI is InChI=1S/C17H20BrN3O/c1-21(2)16-8-6-15(7-9-16)20-17(22)19-11-10-13-4-3-5-14(18)12-13/h3-9,12H,10-11H2,1-2H3,(H2,19,20,22). The average molecular weight is 362 g/mol. The number of anilines is 2. The summed E-state index contributed by atoms with van der Waals surface area (Å²) in [5.41, 5.74) is 3.07. The predicted octanol–water partition coefficient (Wildman–Crippen LogP) is 3.88. The Kier molecular flexibility index (Phi) is 5.83. The van der Waals surface area contributed by atoms with Gasteiger partial charge in [-0.1, -0.05) is 28.1 Å². The van der Waals surface area contributed by atoms with Gasteiger partial charge < -0.3 is 15.5 Å². The number of urea groups is 1. The number of nitrogens with one attached hydrogen (secondary N) is 2. The molecule has 22 heavy (non-hydrogen) atoms. The zero-order valence-corrected chi connectivity index (χ0v) is 14.4. The van der Waals surface area contributed by atoms with Crippen molar-refractivity contribution in [2.45, 2.75) is 6.42 Å². The van der Waals surface area contributed by atoms with E-state index in [0.717, 1.165) is 22.3 Å². The molecular weight excluding hydrogens is 342 g/mol. The molecule has 0 unspecified atom stereocenters. The Labute approximate surface area is 139 Å². The van der Waals surface area contributed by atoms with Crippen molar-refractivity contribution in [3.05, 3.63) is 58.6 Å². The first-order chi connectivity index (χ1) is 10.5. The van der Waals surface area contributed by atoms with Gasteiger partial charge in [-0.25, -0.2) is 4.79 Å². The summed E-state index contributed by atoms with van der Waals surface area (Å²) in [6, 6.07) is 15.6. The second kappa shape index (κ2) is 7.84. The molecule has 0 aliphatic rings. The highest BCUT2D eigenvalue weighted by Gasteiger charge is 2.02. The Morgan fingerprint density at radius 2 is 1.86 bits per heavy atom. The monoisotopic (exact) mass is 361 g/mol. The zero-order chi connectivity index (χ0) is 15.9. The molecule has 0 radical (unpaired) electrons. The number of nitrogens with zero attached hydrogens (tertiary/aromatic N) is 1. The van der Waals surface area contributed by atoms with Gasteiger partial charge in [-0.05, 0) is 48.4 Å². The molecule has 2 rings (SSSR count). The molecule has 0 spiro atoms. The molecule has 0 aromatic heterocycles. The third-order valence-electron chi connectivity index (χ3n) is 3.23. The molecule has 0 bridgehead atoms. The first-order valence-corrected chi connectivity index (χ1v) is 7.90. The molecule has 0 heterocycles. The lowest BCUT2D eigenvalue weighted by atomic mass is 10.1. The lowest BCUT2D eigenvalue weighted by molar-refractivity contribution is 0.252. The molecular formula is C17H20BrN3O. The zero-order valence-electron chi connectivity index (χ0n) is 12.8. The van der Waals surface area contributed by atoms with Crippen LogP contribution in [0.15, 0.2) is 53.0 Å². The quantitative estimate of drug-likeness (QED) is 0.848. The topological polar surface area (TPSA) is 44.4 Å². The summed E-state index contributed by atoms with van der Waals surface area (Å²) in [7, 11) is 3.97. The first-order valence-electron chi connectivity index (χ1n) is 7.11. The van der Waals surface area contributed by atoms with E-state index in [2.05, 4.69) is 32.6 Å². The molecule has 2 N–H and O–H groups in total. The molecule has 0 fully saturated rings. The molecule has 0 aliphatic carbocycles. The van der Waals surface area contributed by atoms with Gasteiger partial charge in [0, 0.05) is 36.5 Å². The Balaban J connectivity index is 1.78. The van der Waals surface area contributed by atoms with Crippen LogP contribution in [0.4, 0.5) is 16.2 Å². The van der Waals surface area contributed by atoms with Gasteiger partial charge in [-0.3, -0.25) is 0 Å². The number of hydrogen-bond donors (Lipinski definition) is 2. The molecule has 2 aromatic rings. The van der Waals surface area contributed by atoms with Crippen LogP contribution >= 0.6 is 15.9 Å². The van der Waals surface area contributed by atoms with Gasteiger partial charge in [-0.15, -0.1) is 0 Å². The summed E-state index contributed by atoms with van der Waals surface area (Å²) >= 11 is 3.44. The number of rotatable bonds is 5. The minimum atomic E-state index is -0.187. The molecule has 0 atom stereocenters. The van der Waals surface area contributed by atoms with E-state index in [1.165, 1.54) is 5.56 Å². The average Bonchev–Trinajstić information content (AvgIpc) is 2.48. The highest BCUT2D eigenvalue weighted by molar-refractivity contribution is 9.10. The van der Waals surface area contributed by atoms with Gasteiger partial charge in [0.15, 0.2) is 0 Å². The highest BCUT2D eigenvalue weighted by atomic mass is 79.9. The number of carbonyl (C=O) groups is 1. The Hall–Kier alpha value is -2.01. The van der Waals surface area contributed by atoms with E-state index >= 15 is 0 Å². The van der Waals surface area contributed by atoms with Crippen LogP contribution in [0.1, 0.15) is 5.56 Å². The third kappa shape index (κ3) is 5.07. The molecule has 2 amide bonds. The molecule has 0 saturated carbocycles. The fourth-order valence-corrected chi connectivity index (χ4v) is 2.48. The van der Waals surface area contributed by atoms with Crippen LogP contribution in [0.3, 0.4) is 0 Å². The van der Waals surface area contributed by atoms with Gasteiger partial charge in [0.2, 0.25) is 0 Å². The van der Waals surface area contributed by atoms with Gasteiger partial charge in [-0.2, -0.15) is 0 Å². The summed E-state index contributed by atoms with van der Waals surface area (Å²) in [6.07, 6.45) is 0.798. The van der Waals surface area contributed by atoms with Crippen LogP contribution in [-0.2, 0) is 6.42 Å². The summed E-state index contributed by atoms with van der Waals surface area (Å²) in [5, 5.41) is 5.69. The maximum Gasteiger partial charge on any atom is 0.319 e. The Morgan fingerprint density at radius 1 is 1.14 bits per heavy atom. The molecule has 4 nitrogen and oxygen atoms in total. The van der Waals surface area contributed by atoms with Crippen LogP contribution in [-0.4, -0.2) is 26.7 Å². The van der Waals surface area contributed by atoms with E-state index in [9.17, 15) is 4.79 Å². The van der Waals surface area contributed by atoms with Gasteiger partial charge in [0.1, 0.15) is 0 Å². The van der Waals surface area contributed by atoms with Crippen molar-refractivity contribution in [3.8, 4) is 0 Å². The molecule has 116 valence electrons. The second-order valence-electron chi connectivity index (χ2n) is 5.20. The van der Waals surface area contributed by atoms with E-state index in [-0.39, 0.29) is 6.03 Å². The van der Waals surface area contributed by atoms with Crippen LogP contribution in [0.25, 0.3) is 0 Å². The SMILES string of the molecule is CN(C)c1ccc(NC(=O)NCCc2cccc(Br)c2)cc1. The number of amides is 2. The molecule has 2 aromatic carbocycles. The molecule has 5 heteroatoms. The summed E-state index contributed by atoms with van der Waals surface area (Å²) in [6.45, 7) is 0.595. The second-order valence-corrected chi connectivity index (χ2v) is 6.12. The summed E-state index contributed by atoms with van der Waals surface area (Å²) in [4.78, 5) is 13.9. The Morgan fingerprint density at radius 3 is 2.50 bits per heavy atom. The minimum Gasteiger partial charge on any atom is -0.378 e. The number of halogens is 1. The number of carbonyl (C=O) groups excluding carboxylic acids is 1. The summed E-state index contributed by atoms with van der Waals surface area (Å²) < 4.78 is 1.05. The van der Waals surface area contributed by atoms with E-state index in [0.29, 0.717) is 6.54 Å². The fraction of sp³-hybridized carbons (Fsp3) is 0.235. The van der Waals surface area contributed by atoms with Crippen molar-refractivity contribution < 1.29 is 4.79 Å². The van der Waals surface area contributed by atoms with Crippen LogP contribution in [0, 0.1) is 0 Å². The van der Waals surface area contributed by atoms with E-state index in [1.54, 1.807) is 0 Å². The first kappa shape index (κ1) is 16.4. The normalized spacial score (nSPS) is 10.1. The van der Waals surface area contributed by atoms with Crippen molar-refractivity contribution in [1.82, 2.24) is 5.32 Å². The smallest absolute Gasteiger partial charge is 0.319 e. The number of benzene rings is 2. The lowest BCUT2D eigenvalue weighted by Crippen LogP contribution is -2.30. The van der Waals surface area contributed by atoms with Gasteiger partial charge >= 0.3 is 6.03 Å². The maximum atomic E-state index is 11.8. The predicted molar refractivity (Wildman–Crippen MR) is 95.6 cm³/mol. The molecule has 0 saturated heterocycles. The van der Waals surface area contributed by atoms with Crippen molar-refractivity contribution in [3.63, 3.8) is 0 Å². The van der Waals surface area contributed by atoms with Crippen molar-refractivity contribution >= 4 is 33.3 Å². The summed E-state index contributed by atoms with van der Waals surface area (Å²) in [5.74, 6) is 0. The van der Waals surface area contributed by atoms with E-state index in [4.69, 9.17) is 0 Å². The molecule has 0 aliphatic heterocycles. The van der Waals surface area contributed by atoms with Crippen molar-refractivity contribution in [1.29, 1.82) is 0 Å². The van der Waals surface area contributed by atoms with Crippen LogP contribution in [0.5, 0.6) is 0 Å². The van der Waals surface area contributed by atoms with Crippen molar-refractivity contribution in [2.75, 3.05) is 30.9 Å². The fourth-order valence-electron chi connectivity index (χ4n) is 2.03. The highest BCUT2D eigenvalue weighted by Crippen LogP contribution is 2.15. The van der Waals surface area contributed by atoms with Crippen molar-refractivity contribution in [2.24, 2.45) is 0 Å². The van der Waals surface area contributed by atoms with Gasteiger partial charge in [0.05, 0.1) is 0 Å². The maximum absolute atomic E-state index is 11.8. The minimum absolute atomic E-state index is 0.187. The van der Waals surface area contributed by atoms with Crippen LogP contribution in [0.2, 0.25) is 0 Å².